The highest BCUT2D eigenvalue weighted by Crippen LogP contribution is 2.39. The number of nitrogens with one attached hydrogen (secondary N) is 2. The quantitative estimate of drug-likeness (QED) is 0.143. The van der Waals surface area contributed by atoms with Gasteiger partial charge in [0.1, 0.15) is 17.3 Å². The van der Waals surface area contributed by atoms with Crippen molar-refractivity contribution in [1.82, 2.24) is 9.88 Å². The molecular weight excluding hydrogens is 727 g/mol. The number of aryl methyl sites for hydroxylation is 3. The van der Waals surface area contributed by atoms with Crippen molar-refractivity contribution in [3.05, 3.63) is 125 Å². The number of furan rings is 2. The van der Waals surface area contributed by atoms with Gasteiger partial charge in [-0.15, -0.1) is 0 Å². The van der Waals surface area contributed by atoms with Crippen LogP contribution >= 0.6 is 0 Å². The predicted octanol–water partition coefficient (Wildman–Crippen LogP) is 10.6. The summed E-state index contributed by atoms with van der Waals surface area (Å²) in [4.78, 5) is 29.0. The van der Waals surface area contributed by atoms with Gasteiger partial charge in [-0.05, 0) is 106 Å². The van der Waals surface area contributed by atoms with Crippen molar-refractivity contribution in [2.45, 2.75) is 78.6 Å². The lowest BCUT2D eigenvalue weighted by molar-refractivity contribution is 0.357. The van der Waals surface area contributed by atoms with Gasteiger partial charge in [-0.3, -0.25) is 0 Å². The number of aliphatic imine (C=N–C) groups is 4. The van der Waals surface area contributed by atoms with Crippen LogP contribution in [0.2, 0.25) is 0 Å². The Morgan fingerprint density at radius 1 is 0.655 bits per heavy atom. The maximum Gasteiger partial charge on any atom is 0.265 e. The maximum atomic E-state index is 6.03. The first kappa shape index (κ1) is 35.9. The van der Waals surface area contributed by atoms with E-state index in [1.54, 1.807) is 6.20 Å². The van der Waals surface area contributed by atoms with E-state index in [4.69, 9.17) is 33.2 Å². The summed E-state index contributed by atoms with van der Waals surface area (Å²) in [5.41, 5.74) is 8.40. The first-order chi connectivity index (χ1) is 28.4. The van der Waals surface area contributed by atoms with Crippen molar-refractivity contribution in [1.29, 1.82) is 0 Å². The fourth-order valence-corrected chi connectivity index (χ4v) is 8.59. The summed E-state index contributed by atoms with van der Waals surface area (Å²) in [6.45, 7) is 7.82. The molecule has 5 aliphatic rings. The van der Waals surface area contributed by atoms with Gasteiger partial charge in [0.15, 0.2) is 11.8 Å². The normalized spacial score (nSPS) is 18.1. The fourth-order valence-electron chi connectivity index (χ4n) is 8.59. The van der Waals surface area contributed by atoms with E-state index in [0.717, 1.165) is 76.3 Å². The Balaban J connectivity index is 1.09. The van der Waals surface area contributed by atoms with Gasteiger partial charge in [0.2, 0.25) is 17.8 Å². The molecule has 10 rings (SSSR count). The van der Waals surface area contributed by atoms with E-state index >= 15 is 0 Å². The second-order valence-electron chi connectivity index (χ2n) is 15.9. The van der Waals surface area contributed by atoms with E-state index < -0.39 is 0 Å². The van der Waals surface area contributed by atoms with E-state index in [9.17, 15) is 0 Å². The van der Waals surface area contributed by atoms with E-state index in [-0.39, 0.29) is 0 Å². The third kappa shape index (κ3) is 7.30. The van der Waals surface area contributed by atoms with Crippen molar-refractivity contribution >= 4 is 58.0 Å². The summed E-state index contributed by atoms with van der Waals surface area (Å²) in [5, 5.41) is 7.17. The van der Waals surface area contributed by atoms with Gasteiger partial charge in [0.05, 0.1) is 34.7 Å². The Morgan fingerprint density at radius 2 is 1.36 bits per heavy atom. The number of oxazole rings is 1. The van der Waals surface area contributed by atoms with Gasteiger partial charge >= 0.3 is 0 Å². The average molecular weight is 774 g/mol. The molecule has 0 spiro atoms. The summed E-state index contributed by atoms with van der Waals surface area (Å²) in [6.07, 6.45) is 17.0. The lowest BCUT2D eigenvalue weighted by atomic mass is 9.84. The summed E-state index contributed by atoms with van der Waals surface area (Å²) in [5.74, 6) is 5.84. The molecule has 4 aliphatic heterocycles. The second kappa shape index (κ2) is 15.1. The third-order valence-corrected chi connectivity index (χ3v) is 11.5. The summed E-state index contributed by atoms with van der Waals surface area (Å²) in [6, 6.07) is 21.1. The average Bonchev–Trinajstić information content (AvgIpc) is 3.99. The molecule has 7 heterocycles. The minimum Gasteiger partial charge on any atom is -0.446 e. The van der Waals surface area contributed by atoms with Crippen LogP contribution < -0.4 is 15.5 Å². The van der Waals surface area contributed by atoms with Gasteiger partial charge in [0, 0.05) is 42.0 Å². The minimum atomic E-state index is 0.306. The van der Waals surface area contributed by atoms with Crippen molar-refractivity contribution in [2.24, 2.45) is 25.9 Å². The topological polar surface area (TPSA) is 132 Å². The highest BCUT2D eigenvalue weighted by atomic mass is 16.4. The number of guanidine groups is 2. The molecule has 1 saturated carbocycles. The fraction of sp³-hybridized carbons (Fsp3) is 0.326. The molecule has 1 aliphatic carbocycles. The Hall–Kier alpha value is -6.43. The number of hydrogen-bond acceptors (Lipinski definition) is 12. The number of piperidine rings is 1. The standard InChI is InChI=1S/C46H47N9O3/c1-28-12-18-41(56-28)48-37-23-32(22-31-10-6-4-7-11-31)14-16-35(37)39-25-34-26-40(51-46-53-43(44-47-27-30(3)58-44)52-45(50-39)55(34)46)36-17-15-33(54-20-8-5-9-21-54)24-38(36)49-42-19-13-29(2)57-42/h12-19,23-27,31,48-49H,4-11,20-22H2,1-3H3. The van der Waals surface area contributed by atoms with Gasteiger partial charge in [0.25, 0.3) is 5.89 Å². The molecule has 0 bridgehead atoms. The van der Waals surface area contributed by atoms with E-state index in [2.05, 4.69) is 69.1 Å². The highest BCUT2D eigenvalue weighted by molar-refractivity contribution is 6.26. The summed E-state index contributed by atoms with van der Waals surface area (Å²) >= 11 is 0. The number of allylic oxidation sites excluding steroid dienone is 2. The SMILES string of the molecule is Cc1ccc(Nc2cc(N3CCCCC3)ccc2C2=CC3=CC(c4ccc(CC5CCCCC5)cc4Nc4ccc(C)o4)=NC4=NC(c5ncc(C)o5)=NC(=N2)N34)o1. The number of nitrogens with zero attached hydrogens (tertiary/aromatic N) is 7. The molecule has 5 aromatic rings. The molecule has 1 saturated heterocycles. The van der Waals surface area contributed by atoms with E-state index in [0.29, 0.717) is 47.1 Å². The second-order valence-corrected chi connectivity index (χ2v) is 15.9. The van der Waals surface area contributed by atoms with E-state index in [1.807, 2.05) is 49.9 Å². The smallest absolute Gasteiger partial charge is 0.265 e. The molecular formula is C46H47N9O3. The lowest BCUT2D eigenvalue weighted by Gasteiger charge is -2.33. The van der Waals surface area contributed by atoms with Gasteiger partial charge in [-0.25, -0.2) is 19.9 Å². The van der Waals surface area contributed by atoms with Crippen molar-refractivity contribution in [3.63, 3.8) is 0 Å². The molecule has 12 nitrogen and oxygen atoms in total. The van der Waals surface area contributed by atoms with Crippen LogP contribution in [0.1, 0.15) is 91.2 Å². The minimum absolute atomic E-state index is 0.306. The zero-order valence-electron chi connectivity index (χ0n) is 33.2. The number of hydrogen-bond donors (Lipinski definition) is 2. The molecule has 2 aromatic carbocycles. The van der Waals surface area contributed by atoms with E-state index in [1.165, 1.54) is 56.9 Å². The molecule has 2 N–H and O–H groups in total. The highest BCUT2D eigenvalue weighted by Gasteiger charge is 2.35. The zero-order chi connectivity index (χ0) is 39.2. The molecule has 12 heteroatoms. The largest absolute Gasteiger partial charge is 0.446 e. The Kier molecular flexibility index (Phi) is 9.39. The Labute approximate surface area is 337 Å². The number of amidine groups is 1. The molecule has 3 aromatic heterocycles. The van der Waals surface area contributed by atoms with Gasteiger partial charge in [-0.2, -0.15) is 9.98 Å². The van der Waals surface area contributed by atoms with Crippen molar-refractivity contribution in [2.75, 3.05) is 28.6 Å². The van der Waals surface area contributed by atoms with Crippen LogP contribution in [0.3, 0.4) is 0 Å². The van der Waals surface area contributed by atoms with Crippen LogP contribution in [-0.4, -0.2) is 46.4 Å². The first-order valence-electron chi connectivity index (χ1n) is 20.6. The maximum absolute atomic E-state index is 6.03. The molecule has 58 heavy (non-hydrogen) atoms. The van der Waals surface area contributed by atoms with Crippen molar-refractivity contribution < 1.29 is 13.3 Å². The zero-order valence-corrected chi connectivity index (χ0v) is 33.2. The van der Waals surface area contributed by atoms with Crippen LogP contribution in [0, 0.1) is 26.7 Å². The summed E-state index contributed by atoms with van der Waals surface area (Å²) in [7, 11) is 0. The van der Waals surface area contributed by atoms with Crippen LogP contribution in [0.4, 0.5) is 28.8 Å². The molecule has 0 atom stereocenters. The summed E-state index contributed by atoms with van der Waals surface area (Å²) < 4.78 is 18.0. The van der Waals surface area contributed by atoms with Crippen LogP contribution in [0.15, 0.2) is 118 Å². The van der Waals surface area contributed by atoms with Crippen LogP contribution in [0.5, 0.6) is 0 Å². The first-order valence-corrected chi connectivity index (χ1v) is 20.6. The Bertz CT molecular complexity index is 2570. The molecule has 0 unspecified atom stereocenters. The molecule has 0 radical (unpaired) electrons. The molecule has 294 valence electrons. The number of benzene rings is 2. The Morgan fingerprint density at radius 3 is 2.07 bits per heavy atom. The predicted molar refractivity (Wildman–Crippen MR) is 230 cm³/mol. The molecule has 2 fully saturated rings. The lowest BCUT2D eigenvalue weighted by Crippen LogP contribution is -2.42. The molecule has 0 amide bonds. The van der Waals surface area contributed by atoms with Gasteiger partial charge < -0.3 is 28.8 Å². The van der Waals surface area contributed by atoms with Crippen LogP contribution in [-0.2, 0) is 6.42 Å². The monoisotopic (exact) mass is 773 g/mol. The number of anilines is 5. The van der Waals surface area contributed by atoms with Crippen LogP contribution in [0.25, 0.3) is 5.70 Å². The number of aromatic nitrogens is 1. The number of rotatable bonds is 10. The third-order valence-electron chi connectivity index (χ3n) is 11.5. The van der Waals surface area contributed by atoms with Crippen molar-refractivity contribution in [3.8, 4) is 0 Å². The van der Waals surface area contributed by atoms with Gasteiger partial charge in [-0.1, -0.05) is 44.2 Å².